The van der Waals surface area contributed by atoms with Crippen molar-refractivity contribution in [3.8, 4) is 17.2 Å². The highest BCUT2D eigenvalue weighted by atomic mass is 19.4. The van der Waals surface area contributed by atoms with Crippen LogP contribution in [0.4, 0.5) is 32.2 Å². The minimum absolute atomic E-state index is 0.0187. The molecule has 0 aliphatic heterocycles. The van der Waals surface area contributed by atoms with Crippen LogP contribution in [-0.4, -0.2) is 16.0 Å². The van der Waals surface area contributed by atoms with Crippen molar-refractivity contribution in [2.45, 2.75) is 56.9 Å². The Morgan fingerprint density at radius 3 is 1.97 bits per heavy atom. The molecule has 1 aromatic heterocycles. The van der Waals surface area contributed by atoms with E-state index in [4.69, 9.17) is 5.26 Å². The predicted octanol–water partition coefficient (Wildman–Crippen LogP) is 6.19. The number of hydrogen-bond donors (Lipinski definition) is 1. The Labute approximate surface area is 169 Å². The number of nitrogens with one attached hydrogen (secondary N) is 1. The summed E-state index contributed by atoms with van der Waals surface area (Å²) in [6, 6.07) is 3.05. The molecule has 2 aromatic rings. The Kier molecular flexibility index (Phi) is 6.19. The minimum Gasteiger partial charge on any atom is -0.367 e. The second kappa shape index (κ2) is 8.50. The summed E-state index contributed by atoms with van der Waals surface area (Å²) in [5, 5.41) is 12.2. The maximum atomic E-state index is 13.2. The second-order valence-corrected chi connectivity index (χ2v) is 7.20. The van der Waals surface area contributed by atoms with Crippen LogP contribution in [0.3, 0.4) is 0 Å². The molecule has 1 aliphatic rings. The first-order chi connectivity index (χ1) is 14.1. The van der Waals surface area contributed by atoms with E-state index in [1.807, 2.05) is 0 Å². The van der Waals surface area contributed by atoms with Gasteiger partial charge in [0.1, 0.15) is 11.9 Å². The molecule has 1 heterocycles. The van der Waals surface area contributed by atoms with Crippen molar-refractivity contribution in [1.29, 1.82) is 5.26 Å². The fourth-order valence-electron chi connectivity index (χ4n) is 3.48. The van der Waals surface area contributed by atoms with Gasteiger partial charge in [-0.2, -0.15) is 31.6 Å². The molecule has 0 saturated heterocycles. The van der Waals surface area contributed by atoms with Crippen molar-refractivity contribution in [3.63, 3.8) is 0 Å². The number of nitriles is 1. The third kappa shape index (κ3) is 5.20. The first-order valence-corrected chi connectivity index (χ1v) is 9.41. The molecule has 1 saturated carbocycles. The van der Waals surface area contributed by atoms with Crippen LogP contribution in [0.1, 0.15) is 55.5 Å². The number of alkyl halides is 6. The zero-order valence-electron chi connectivity index (χ0n) is 15.7. The second-order valence-electron chi connectivity index (χ2n) is 7.20. The number of aromatic nitrogens is 2. The average Bonchev–Trinajstić information content (AvgIpc) is 2.95. The molecule has 1 aliphatic carbocycles. The van der Waals surface area contributed by atoms with Gasteiger partial charge in [0.05, 0.1) is 11.1 Å². The Morgan fingerprint density at radius 2 is 1.47 bits per heavy atom. The minimum atomic E-state index is -4.96. The monoisotopic (exact) mass is 428 g/mol. The highest BCUT2D eigenvalue weighted by Crippen LogP contribution is 2.40. The van der Waals surface area contributed by atoms with Crippen LogP contribution in [0.25, 0.3) is 11.1 Å². The van der Waals surface area contributed by atoms with Crippen LogP contribution in [0.5, 0.6) is 0 Å². The molecule has 30 heavy (non-hydrogen) atoms. The largest absolute Gasteiger partial charge is 0.416 e. The summed E-state index contributed by atoms with van der Waals surface area (Å²) in [6.45, 7) is 0. The lowest BCUT2D eigenvalue weighted by Crippen LogP contribution is -2.20. The van der Waals surface area contributed by atoms with Crippen LogP contribution in [0.15, 0.2) is 24.4 Å². The summed E-state index contributed by atoms with van der Waals surface area (Å²) in [4.78, 5) is 7.78. The summed E-state index contributed by atoms with van der Waals surface area (Å²) in [5.41, 5.74) is -3.18. The molecule has 0 spiro atoms. The van der Waals surface area contributed by atoms with Crippen LogP contribution in [0, 0.1) is 11.3 Å². The van der Waals surface area contributed by atoms with E-state index in [2.05, 4.69) is 15.3 Å². The number of rotatable bonds is 3. The fraction of sp³-hybridized carbons (Fsp3) is 0.450. The smallest absolute Gasteiger partial charge is 0.367 e. The van der Waals surface area contributed by atoms with Gasteiger partial charge in [0.2, 0.25) is 5.82 Å². The van der Waals surface area contributed by atoms with Crippen molar-refractivity contribution in [2.24, 2.45) is 0 Å². The van der Waals surface area contributed by atoms with Crippen LogP contribution < -0.4 is 5.32 Å². The van der Waals surface area contributed by atoms with Gasteiger partial charge in [-0.25, -0.2) is 9.97 Å². The number of anilines is 1. The molecular weight excluding hydrogens is 410 g/mol. The van der Waals surface area contributed by atoms with Crippen LogP contribution >= 0.6 is 0 Å². The quantitative estimate of drug-likeness (QED) is 0.468. The van der Waals surface area contributed by atoms with Gasteiger partial charge >= 0.3 is 12.4 Å². The van der Waals surface area contributed by atoms with E-state index in [0.29, 0.717) is 12.1 Å². The Bertz CT molecular complexity index is 906. The number of halogens is 6. The molecule has 1 N–H and O–H groups in total. The molecule has 4 nitrogen and oxygen atoms in total. The lowest BCUT2D eigenvalue weighted by atomic mass is 9.99. The number of hydrogen-bond acceptors (Lipinski definition) is 4. The van der Waals surface area contributed by atoms with Crippen LogP contribution in [-0.2, 0) is 12.4 Å². The van der Waals surface area contributed by atoms with Crippen molar-refractivity contribution in [2.75, 3.05) is 5.32 Å². The standard InChI is InChI=1S/C20H18F6N4/c21-19(22,23)13-7-12(8-14(9-13)20(24,25)26)16-11-28-17(10-27)30-18(16)29-15-5-3-1-2-4-6-15/h7-9,11,15H,1-6H2,(H,28,29,30). The zero-order valence-corrected chi connectivity index (χ0v) is 15.7. The van der Waals surface area contributed by atoms with Crippen molar-refractivity contribution in [1.82, 2.24) is 9.97 Å². The number of nitrogens with zero attached hydrogens (tertiary/aromatic N) is 3. The molecule has 160 valence electrons. The molecule has 0 bridgehead atoms. The Hall–Kier alpha value is -2.83. The van der Waals surface area contributed by atoms with Crippen molar-refractivity contribution >= 4 is 5.82 Å². The van der Waals surface area contributed by atoms with Gasteiger partial charge in [-0.3, -0.25) is 0 Å². The molecule has 0 radical (unpaired) electrons. The molecule has 3 rings (SSSR count). The van der Waals surface area contributed by atoms with Gasteiger partial charge in [-0.1, -0.05) is 25.7 Å². The highest BCUT2D eigenvalue weighted by molar-refractivity contribution is 5.76. The molecule has 10 heteroatoms. The van der Waals surface area contributed by atoms with E-state index < -0.39 is 23.5 Å². The molecule has 0 unspecified atom stereocenters. The summed E-state index contributed by atoms with van der Waals surface area (Å²) in [7, 11) is 0. The van der Waals surface area contributed by atoms with E-state index in [0.717, 1.165) is 44.7 Å². The summed E-state index contributed by atoms with van der Waals surface area (Å²) in [5.74, 6) is -0.168. The average molecular weight is 428 g/mol. The Balaban J connectivity index is 2.11. The SMILES string of the molecule is N#Cc1ncc(-c2cc(C(F)(F)F)cc(C(F)(F)F)c2)c(NC2CCCCCC2)n1. The van der Waals surface area contributed by atoms with E-state index in [9.17, 15) is 26.3 Å². The van der Waals surface area contributed by atoms with E-state index in [-0.39, 0.29) is 34.9 Å². The van der Waals surface area contributed by atoms with E-state index >= 15 is 0 Å². The normalized spacial score (nSPS) is 16.0. The van der Waals surface area contributed by atoms with Crippen molar-refractivity contribution < 1.29 is 26.3 Å². The molecule has 1 fully saturated rings. The summed E-state index contributed by atoms with van der Waals surface area (Å²) >= 11 is 0. The van der Waals surface area contributed by atoms with E-state index in [1.165, 1.54) is 0 Å². The highest BCUT2D eigenvalue weighted by Gasteiger charge is 2.37. The third-order valence-corrected chi connectivity index (χ3v) is 4.98. The summed E-state index contributed by atoms with van der Waals surface area (Å²) in [6.07, 6.45) is -3.24. The van der Waals surface area contributed by atoms with E-state index in [1.54, 1.807) is 6.07 Å². The lowest BCUT2D eigenvalue weighted by Gasteiger charge is -2.20. The molecule has 1 aromatic carbocycles. The van der Waals surface area contributed by atoms with Gasteiger partial charge in [0.15, 0.2) is 0 Å². The maximum Gasteiger partial charge on any atom is 0.416 e. The number of benzene rings is 1. The Morgan fingerprint density at radius 1 is 0.900 bits per heavy atom. The predicted molar refractivity (Wildman–Crippen MR) is 97.3 cm³/mol. The topological polar surface area (TPSA) is 61.6 Å². The lowest BCUT2D eigenvalue weighted by molar-refractivity contribution is -0.143. The van der Waals surface area contributed by atoms with Gasteiger partial charge < -0.3 is 5.32 Å². The van der Waals surface area contributed by atoms with Gasteiger partial charge in [0, 0.05) is 17.8 Å². The zero-order chi connectivity index (χ0) is 21.9. The van der Waals surface area contributed by atoms with Gasteiger partial charge in [-0.05, 0) is 36.6 Å². The van der Waals surface area contributed by atoms with Crippen LogP contribution in [0.2, 0.25) is 0 Å². The first kappa shape index (κ1) is 21.9. The van der Waals surface area contributed by atoms with Crippen molar-refractivity contribution in [3.05, 3.63) is 41.3 Å². The molecule has 0 amide bonds. The van der Waals surface area contributed by atoms with Gasteiger partial charge in [0.25, 0.3) is 0 Å². The summed E-state index contributed by atoms with van der Waals surface area (Å²) < 4.78 is 79.4. The maximum absolute atomic E-state index is 13.2. The molecular formula is C20H18F6N4. The fourth-order valence-corrected chi connectivity index (χ4v) is 3.48. The first-order valence-electron chi connectivity index (χ1n) is 9.41. The molecule has 0 atom stereocenters. The van der Waals surface area contributed by atoms with Gasteiger partial charge in [-0.15, -0.1) is 0 Å². The third-order valence-electron chi connectivity index (χ3n) is 4.98.